The van der Waals surface area contributed by atoms with Crippen LogP contribution in [-0.4, -0.2) is 11.1 Å². The molecule has 1 N–H and O–H groups in total. The normalized spacial score (nSPS) is 21.8. The maximum atomic E-state index is 10.3. The van der Waals surface area contributed by atoms with Crippen molar-refractivity contribution in [2.75, 3.05) is 0 Å². The van der Waals surface area contributed by atoms with Gasteiger partial charge in [-0.1, -0.05) is 12.8 Å². The second-order valence-corrected chi connectivity index (χ2v) is 2.49. The average Bonchev–Trinajstić information content (AvgIpc) is 1.90. The van der Waals surface area contributed by atoms with Crippen molar-refractivity contribution in [3.8, 4) is 0 Å². The summed E-state index contributed by atoms with van der Waals surface area (Å²) in [6.45, 7) is 0. The summed E-state index contributed by atoms with van der Waals surface area (Å²) in [7, 11) is 0. The van der Waals surface area contributed by atoms with Gasteiger partial charge in [0.05, 0.1) is 5.92 Å². The van der Waals surface area contributed by atoms with Crippen molar-refractivity contribution in [3.05, 3.63) is 6.42 Å². The molecule has 1 unspecified atom stereocenters. The second-order valence-electron chi connectivity index (χ2n) is 2.49. The number of hydrogen-bond donors (Lipinski definition) is 1. The van der Waals surface area contributed by atoms with Crippen LogP contribution in [0.5, 0.6) is 0 Å². The molecule has 0 aromatic rings. The van der Waals surface area contributed by atoms with Crippen LogP contribution in [0, 0.1) is 12.3 Å². The van der Waals surface area contributed by atoms with Crippen LogP contribution < -0.4 is 0 Å². The number of rotatable bonds is 1. The van der Waals surface area contributed by atoms with E-state index >= 15 is 0 Å². The Bertz CT molecular complexity index is 103. The predicted octanol–water partition coefficient (Wildman–Crippen LogP) is 1.47. The van der Waals surface area contributed by atoms with Crippen LogP contribution in [0.4, 0.5) is 0 Å². The van der Waals surface area contributed by atoms with Crippen LogP contribution in [0.15, 0.2) is 0 Å². The molecule has 0 bridgehead atoms. The lowest BCUT2D eigenvalue weighted by Gasteiger charge is -2.16. The summed E-state index contributed by atoms with van der Waals surface area (Å²) in [4.78, 5) is 10.3. The zero-order valence-corrected chi connectivity index (χ0v) is 5.34. The summed E-state index contributed by atoms with van der Waals surface area (Å²) in [5.74, 6) is -0.718. The van der Waals surface area contributed by atoms with Gasteiger partial charge < -0.3 is 5.11 Å². The van der Waals surface area contributed by atoms with Crippen molar-refractivity contribution < 1.29 is 9.90 Å². The molecule has 0 aliphatic heterocycles. The highest BCUT2D eigenvalue weighted by atomic mass is 16.4. The zero-order valence-electron chi connectivity index (χ0n) is 5.34. The van der Waals surface area contributed by atoms with E-state index < -0.39 is 5.97 Å². The van der Waals surface area contributed by atoms with Crippen LogP contribution in [0.25, 0.3) is 0 Å². The number of carboxylic acids is 1. The molecule has 0 spiro atoms. The lowest BCUT2D eigenvalue weighted by Crippen LogP contribution is -2.16. The summed E-state index contributed by atoms with van der Waals surface area (Å²) in [5.41, 5.74) is 0. The van der Waals surface area contributed by atoms with Crippen LogP contribution in [-0.2, 0) is 4.79 Å². The molecule has 0 aromatic carbocycles. The van der Waals surface area contributed by atoms with E-state index in [2.05, 4.69) is 6.42 Å². The van der Waals surface area contributed by atoms with Crippen molar-refractivity contribution in [3.63, 3.8) is 0 Å². The van der Waals surface area contributed by atoms with Crippen LogP contribution in [0.3, 0.4) is 0 Å². The van der Waals surface area contributed by atoms with Crippen LogP contribution in [0.2, 0.25) is 0 Å². The molecule has 9 heavy (non-hydrogen) atoms. The van der Waals surface area contributed by atoms with E-state index in [9.17, 15) is 4.79 Å². The lowest BCUT2D eigenvalue weighted by atomic mass is 9.90. The van der Waals surface area contributed by atoms with Crippen molar-refractivity contribution in [1.82, 2.24) is 0 Å². The van der Waals surface area contributed by atoms with E-state index in [-0.39, 0.29) is 5.92 Å². The molecule has 1 fully saturated rings. The van der Waals surface area contributed by atoms with E-state index in [4.69, 9.17) is 5.11 Å². The SMILES string of the molecule is O=C(O)C1C[CH]CCC1. The largest absolute Gasteiger partial charge is 0.481 e. The molecule has 51 valence electrons. The third-order valence-electron chi connectivity index (χ3n) is 1.76. The first-order valence-electron chi connectivity index (χ1n) is 3.35. The quantitative estimate of drug-likeness (QED) is 0.579. The molecule has 0 heterocycles. The summed E-state index contributed by atoms with van der Waals surface area (Å²) in [6, 6.07) is 0. The Labute approximate surface area is 54.9 Å². The van der Waals surface area contributed by atoms with Gasteiger partial charge in [0, 0.05) is 0 Å². The Morgan fingerprint density at radius 1 is 1.67 bits per heavy atom. The van der Waals surface area contributed by atoms with Crippen molar-refractivity contribution in [2.24, 2.45) is 5.92 Å². The van der Waals surface area contributed by atoms with Gasteiger partial charge in [0.1, 0.15) is 0 Å². The van der Waals surface area contributed by atoms with Gasteiger partial charge in [0.2, 0.25) is 0 Å². The highest BCUT2D eigenvalue weighted by molar-refractivity contribution is 5.70. The van der Waals surface area contributed by atoms with Gasteiger partial charge in [0.15, 0.2) is 0 Å². The highest BCUT2D eigenvalue weighted by Crippen LogP contribution is 2.22. The Balaban J connectivity index is 2.31. The van der Waals surface area contributed by atoms with Gasteiger partial charge in [-0.25, -0.2) is 0 Å². The van der Waals surface area contributed by atoms with Gasteiger partial charge in [-0.15, -0.1) is 0 Å². The van der Waals surface area contributed by atoms with Crippen LogP contribution in [0.1, 0.15) is 25.7 Å². The molecule has 1 atom stereocenters. The van der Waals surface area contributed by atoms with Crippen molar-refractivity contribution in [2.45, 2.75) is 25.7 Å². The fraction of sp³-hybridized carbons (Fsp3) is 0.714. The maximum Gasteiger partial charge on any atom is 0.306 e. The van der Waals surface area contributed by atoms with Crippen LogP contribution >= 0.6 is 0 Å². The molecule has 2 heteroatoms. The molecule has 1 aliphatic rings. The predicted molar refractivity (Wildman–Crippen MR) is 33.9 cm³/mol. The fourth-order valence-corrected chi connectivity index (χ4v) is 1.17. The van der Waals surface area contributed by atoms with E-state index in [0.717, 1.165) is 25.7 Å². The summed E-state index contributed by atoms with van der Waals surface area (Å²) in [5, 5.41) is 8.52. The molecule has 1 saturated carbocycles. The van der Waals surface area contributed by atoms with E-state index in [0.29, 0.717) is 0 Å². The minimum Gasteiger partial charge on any atom is -0.481 e. The first-order valence-corrected chi connectivity index (χ1v) is 3.35. The standard InChI is InChI=1S/C7H11O2/c8-7(9)6-4-2-1-3-5-6/h2,6H,1,3-5H2,(H,8,9). The minimum absolute atomic E-state index is 0.0845. The number of hydrogen-bond acceptors (Lipinski definition) is 1. The Kier molecular flexibility index (Phi) is 2.09. The Morgan fingerprint density at radius 3 is 2.78 bits per heavy atom. The Morgan fingerprint density at radius 2 is 2.44 bits per heavy atom. The summed E-state index contributed by atoms with van der Waals surface area (Å²) < 4.78 is 0. The molecule has 1 radical (unpaired) electrons. The Hall–Kier alpha value is -0.530. The van der Waals surface area contributed by atoms with Gasteiger partial charge in [-0.2, -0.15) is 0 Å². The lowest BCUT2D eigenvalue weighted by molar-refractivity contribution is -0.142. The molecule has 1 aliphatic carbocycles. The van der Waals surface area contributed by atoms with Gasteiger partial charge in [-0.05, 0) is 19.3 Å². The zero-order chi connectivity index (χ0) is 6.69. The number of aliphatic carboxylic acids is 1. The van der Waals surface area contributed by atoms with Crippen molar-refractivity contribution >= 4 is 5.97 Å². The summed E-state index contributed by atoms with van der Waals surface area (Å²) >= 11 is 0. The third-order valence-corrected chi connectivity index (χ3v) is 1.76. The fourth-order valence-electron chi connectivity index (χ4n) is 1.17. The van der Waals surface area contributed by atoms with E-state index in [1.165, 1.54) is 0 Å². The third kappa shape index (κ3) is 1.70. The summed E-state index contributed by atoms with van der Waals surface area (Å²) in [6.07, 6.45) is 5.87. The molecule has 1 rings (SSSR count). The first-order chi connectivity index (χ1) is 4.30. The average molecular weight is 127 g/mol. The van der Waals surface area contributed by atoms with Gasteiger partial charge >= 0.3 is 5.97 Å². The molecule has 0 amide bonds. The smallest absolute Gasteiger partial charge is 0.306 e. The first kappa shape index (κ1) is 6.59. The molecule has 0 saturated heterocycles. The maximum absolute atomic E-state index is 10.3. The molecular formula is C7H11O2. The highest BCUT2D eigenvalue weighted by Gasteiger charge is 2.19. The van der Waals surface area contributed by atoms with E-state index in [1.54, 1.807) is 0 Å². The second kappa shape index (κ2) is 2.85. The number of carboxylic acid groups (broad SMARTS) is 1. The van der Waals surface area contributed by atoms with Gasteiger partial charge in [-0.3, -0.25) is 4.79 Å². The topological polar surface area (TPSA) is 37.3 Å². The number of carbonyl (C=O) groups is 1. The van der Waals surface area contributed by atoms with Crippen molar-refractivity contribution in [1.29, 1.82) is 0 Å². The minimum atomic E-state index is -0.633. The molecule has 0 aromatic heterocycles. The molecular weight excluding hydrogens is 116 g/mol. The molecule has 2 nitrogen and oxygen atoms in total. The van der Waals surface area contributed by atoms with Gasteiger partial charge in [0.25, 0.3) is 0 Å². The monoisotopic (exact) mass is 127 g/mol. The van der Waals surface area contributed by atoms with E-state index in [1.807, 2.05) is 0 Å².